The van der Waals surface area contributed by atoms with Crippen molar-refractivity contribution in [2.45, 2.75) is 63.5 Å². The Hall–Kier alpha value is -3.35. The Balaban J connectivity index is 1.31. The van der Waals surface area contributed by atoms with Crippen LogP contribution in [0.2, 0.25) is 0 Å². The second-order valence-corrected chi connectivity index (χ2v) is 9.77. The summed E-state index contributed by atoms with van der Waals surface area (Å²) in [5.41, 5.74) is 3.96. The van der Waals surface area contributed by atoms with Gasteiger partial charge < -0.3 is 20.1 Å². The summed E-state index contributed by atoms with van der Waals surface area (Å²) in [6.45, 7) is 4.37. The zero-order valence-electron chi connectivity index (χ0n) is 19.8. The predicted octanol–water partition coefficient (Wildman–Crippen LogP) is 4.55. The van der Waals surface area contributed by atoms with Gasteiger partial charge in [-0.1, -0.05) is 48.5 Å². The van der Waals surface area contributed by atoms with Gasteiger partial charge in [0.15, 0.2) is 0 Å². The lowest BCUT2D eigenvalue weighted by atomic mass is 9.96. The van der Waals surface area contributed by atoms with Crippen LogP contribution in [0.25, 0.3) is 11.1 Å². The van der Waals surface area contributed by atoms with E-state index in [9.17, 15) is 19.5 Å². The molecule has 2 amide bonds. The molecule has 4 rings (SSSR count). The number of nitrogens with one attached hydrogen (secondary N) is 1. The number of hydrogen-bond acceptors (Lipinski definition) is 4. The van der Waals surface area contributed by atoms with Gasteiger partial charge in [0, 0.05) is 24.4 Å². The molecule has 1 aliphatic carbocycles. The highest BCUT2D eigenvalue weighted by Crippen LogP contribution is 2.44. The van der Waals surface area contributed by atoms with Crippen LogP contribution in [0.4, 0.5) is 4.79 Å². The number of carboxylic acids is 1. The second kappa shape index (κ2) is 9.87. The number of nitrogens with zero attached hydrogens (tertiary/aromatic N) is 1. The molecule has 1 aliphatic heterocycles. The Morgan fingerprint density at radius 1 is 1.03 bits per heavy atom. The minimum Gasteiger partial charge on any atom is -0.480 e. The number of fused-ring (bicyclic) bond motifs is 3. The standard InChI is InChI=1S/C27H32N2O5/c1-27(2,15-14-24(30)29-16-8-7-13-23(29)25(31)32)28-26(33)34-17-22-20-11-5-3-9-18(20)19-10-4-6-12-21(19)22/h3-6,9-12,22-23H,7-8,13-17H2,1-2H3,(H,28,33)(H,31,32). The molecule has 0 radical (unpaired) electrons. The van der Waals surface area contributed by atoms with E-state index in [1.165, 1.54) is 16.0 Å². The lowest BCUT2D eigenvalue weighted by Crippen LogP contribution is -2.49. The second-order valence-electron chi connectivity index (χ2n) is 9.77. The van der Waals surface area contributed by atoms with Gasteiger partial charge in [0.25, 0.3) is 0 Å². The lowest BCUT2D eigenvalue weighted by molar-refractivity contribution is -0.152. The van der Waals surface area contributed by atoms with Gasteiger partial charge >= 0.3 is 12.1 Å². The molecule has 0 saturated carbocycles. The number of hydrogen-bond donors (Lipinski definition) is 2. The van der Waals surface area contributed by atoms with Crippen LogP contribution in [0.1, 0.15) is 63.0 Å². The van der Waals surface area contributed by atoms with Crippen LogP contribution in [-0.2, 0) is 14.3 Å². The summed E-state index contributed by atoms with van der Waals surface area (Å²) in [5.74, 6) is -1.16. The molecule has 2 aromatic carbocycles. The van der Waals surface area contributed by atoms with Crippen LogP contribution in [0.3, 0.4) is 0 Å². The smallest absolute Gasteiger partial charge is 0.407 e. The lowest BCUT2D eigenvalue weighted by Gasteiger charge is -2.34. The Labute approximate surface area is 200 Å². The average molecular weight is 465 g/mol. The Morgan fingerprint density at radius 2 is 1.65 bits per heavy atom. The largest absolute Gasteiger partial charge is 0.480 e. The van der Waals surface area contributed by atoms with E-state index in [1.54, 1.807) is 0 Å². The maximum Gasteiger partial charge on any atom is 0.407 e. The maximum absolute atomic E-state index is 12.7. The fourth-order valence-corrected chi connectivity index (χ4v) is 5.02. The monoisotopic (exact) mass is 464 g/mol. The number of carboxylic acid groups (broad SMARTS) is 1. The summed E-state index contributed by atoms with van der Waals surface area (Å²) < 4.78 is 5.62. The van der Waals surface area contributed by atoms with Gasteiger partial charge in [-0.2, -0.15) is 0 Å². The van der Waals surface area contributed by atoms with Crippen molar-refractivity contribution < 1.29 is 24.2 Å². The molecule has 0 spiro atoms. The van der Waals surface area contributed by atoms with Crippen LogP contribution in [-0.4, -0.2) is 52.7 Å². The Bertz CT molecular complexity index is 1030. The van der Waals surface area contributed by atoms with E-state index in [1.807, 2.05) is 38.1 Å². The van der Waals surface area contributed by atoms with Crippen molar-refractivity contribution in [3.8, 4) is 11.1 Å². The van der Waals surface area contributed by atoms with Crippen LogP contribution in [0.15, 0.2) is 48.5 Å². The average Bonchev–Trinajstić information content (AvgIpc) is 3.14. The first-order valence-corrected chi connectivity index (χ1v) is 11.9. The molecular weight excluding hydrogens is 432 g/mol. The summed E-state index contributed by atoms with van der Waals surface area (Å²) in [7, 11) is 0. The molecule has 1 saturated heterocycles. The van der Waals surface area contributed by atoms with Gasteiger partial charge in [0.05, 0.1) is 0 Å². The summed E-state index contributed by atoms with van der Waals surface area (Å²) in [6.07, 6.45) is 2.15. The number of carbonyl (C=O) groups is 3. The molecular formula is C27H32N2O5. The first-order chi connectivity index (χ1) is 16.3. The highest BCUT2D eigenvalue weighted by Gasteiger charge is 2.33. The number of piperidine rings is 1. The van der Waals surface area contributed by atoms with Crippen molar-refractivity contribution in [1.82, 2.24) is 10.2 Å². The van der Waals surface area contributed by atoms with Gasteiger partial charge in [-0.3, -0.25) is 4.79 Å². The topological polar surface area (TPSA) is 95.9 Å². The van der Waals surface area contributed by atoms with Gasteiger partial charge in [-0.05, 0) is 61.8 Å². The number of carbonyl (C=O) groups excluding carboxylic acids is 2. The predicted molar refractivity (Wildman–Crippen MR) is 129 cm³/mol. The third kappa shape index (κ3) is 5.08. The van der Waals surface area contributed by atoms with Crippen molar-refractivity contribution in [1.29, 1.82) is 0 Å². The molecule has 180 valence electrons. The molecule has 0 aromatic heterocycles. The van der Waals surface area contributed by atoms with E-state index < -0.39 is 23.6 Å². The third-order valence-electron chi connectivity index (χ3n) is 6.86. The number of rotatable bonds is 7. The van der Waals surface area contributed by atoms with E-state index in [-0.39, 0.29) is 24.9 Å². The van der Waals surface area contributed by atoms with Gasteiger partial charge in [-0.15, -0.1) is 0 Å². The SMILES string of the molecule is CC(C)(CCC(=O)N1CCCCC1C(=O)O)NC(=O)OCC1c2ccccc2-c2ccccc21. The van der Waals surface area contributed by atoms with Crippen molar-refractivity contribution in [3.05, 3.63) is 59.7 Å². The molecule has 0 bridgehead atoms. The molecule has 2 N–H and O–H groups in total. The van der Waals surface area contributed by atoms with Gasteiger partial charge in [0.1, 0.15) is 12.6 Å². The Kier molecular flexibility index (Phi) is 6.91. The molecule has 2 aliphatic rings. The number of ether oxygens (including phenoxy) is 1. The quantitative estimate of drug-likeness (QED) is 0.627. The van der Waals surface area contributed by atoms with E-state index in [2.05, 4.69) is 29.6 Å². The van der Waals surface area contributed by atoms with E-state index in [4.69, 9.17) is 4.74 Å². The van der Waals surface area contributed by atoms with E-state index in [0.29, 0.717) is 19.4 Å². The minimum absolute atomic E-state index is 0.0186. The van der Waals surface area contributed by atoms with E-state index in [0.717, 1.165) is 24.0 Å². The van der Waals surface area contributed by atoms with Crippen molar-refractivity contribution >= 4 is 18.0 Å². The highest BCUT2D eigenvalue weighted by molar-refractivity contribution is 5.84. The molecule has 1 heterocycles. The number of likely N-dealkylation sites (tertiary alicyclic amines) is 1. The zero-order valence-corrected chi connectivity index (χ0v) is 19.8. The van der Waals surface area contributed by atoms with Crippen LogP contribution in [0, 0.1) is 0 Å². The van der Waals surface area contributed by atoms with E-state index >= 15 is 0 Å². The Morgan fingerprint density at radius 3 is 2.26 bits per heavy atom. The number of benzene rings is 2. The fourth-order valence-electron chi connectivity index (χ4n) is 5.02. The molecule has 1 atom stereocenters. The van der Waals surface area contributed by atoms with Crippen LogP contribution >= 0.6 is 0 Å². The molecule has 7 heteroatoms. The van der Waals surface area contributed by atoms with Crippen LogP contribution < -0.4 is 5.32 Å². The summed E-state index contributed by atoms with van der Waals surface area (Å²) >= 11 is 0. The molecule has 1 fully saturated rings. The minimum atomic E-state index is -0.955. The molecule has 1 unspecified atom stereocenters. The molecule has 34 heavy (non-hydrogen) atoms. The van der Waals surface area contributed by atoms with Crippen molar-refractivity contribution in [2.75, 3.05) is 13.2 Å². The normalized spacial score (nSPS) is 17.6. The van der Waals surface area contributed by atoms with Gasteiger partial charge in [-0.25, -0.2) is 9.59 Å². The zero-order chi connectivity index (χ0) is 24.3. The summed E-state index contributed by atoms with van der Waals surface area (Å²) in [4.78, 5) is 38.3. The first kappa shape index (κ1) is 23.8. The van der Waals surface area contributed by atoms with Crippen molar-refractivity contribution in [2.24, 2.45) is 0 Å². The number of aliphatic carboxylic acids is 1. The summed E-state index contributed by atoms with van der Waals surface area (Å²) in [5, 5.41) is 12.3. The fraction of sp³-hybridized carbons (Fsp3) is 0.444. The number of alkyl carbamates (subject to hydrolysis) is 1. The summed E-state index contributed by atoms with van der Waals surface area (Å²) in [6, 6.07) is 15.6. The van der Waals surface area contributed by atoms with Gasteiger partial charge in [0.2, 0.25) is 5.91 Å². The molecule has 2 aromatic rings. The third-order valence-corrected chi connectivity index (χ3v) is 6.86. The molecule has 7 nitrogen and oxygen atoms in total. The number of amides is 2. The maximum atomic E-state index is 12.7. The first-order valence-electron chi connectivity index (χ1n) is 11.9. The van der Waals surface area contributed by atoms with Crippen LogP contribution in [0.5, 0.6) is 0 Å². The highest BCUT2D eigenvalue weighted by atomic mass is 16.5. The van der Waals surface area contributed by atoms with Crippen molar-refractivity contribution in [3.63, 3.8) is 0 Å².